The van der Waals surface area contributed by atoms with Gasteiger partial charge in [0, 0.05) is 18.7 Å². The van der Waals surface area contributed by atoms with Crippen LogP contribution < -0.4 is 0 Å². The van der Waals surface area contributed by atoms with Gasteiger partial charge in [-0.25, -0.2) is 4.68 Å². The zero-order valence-corrected chi connectivity index (χ0v) is 12.5. The van der Waals surface area contributed by atoms with Gasteiger partial charge in [0.25, 0.3) is 5.91 Å². The number of hydrogen-bond acceptors (Lipinski definition) is 4. The van der Waals surface area contributed by atoms with Crippen LogP contribution in [0, 0.1) is 0 Å². The fourth-order valence-corrected chi connectivity index (χ4v) is 2.91. The summed E-state index contributed by atoms with van der Waals surface area (Å²) in [6.45, 7) is 1.36. The highest BCUT2D eigenvalue weighted by Crippen LogP contribution is 2.24. The maximum atomic E-state index is 12.3. The molecule has 1 saturated heterocycles. The molecule has 1 aliphatic rings. The lowest BCUT2D eigenvalue weighted by atomic mass is 10.2. The molecule has 1 unspecified atom stereocenters. The fraction of sp³-hybridized carbons (Fsp3) is 0.235. The first-order valence-corrected chi connectivity index (χ1v) is 7.60. The van der Waals surface area contributed by atoms with E-state index in [4.69, 9.17) is 4.42 Å². The molecule has 1 amide bonds. The quantitative estimate of drug-likeness (QED) is 0.746. The number of carbonyl (C=O) groups excluding carboxylic acids is 1. The van der Waals surface area contributed by atoms with Crippen LogP contribution in [0.4, 0.5) is 0 Å². The van der Waals surface area contributed by atoms with E-state index in [2.05, 4.69) is 10.3 Å². The van der Waals surface area contributed by atoms with Gasteiger partial charge >= 0.3 is 0 Å². The monoisotopic (exact) mass is 308 g/mol. The van der Waals surface area contributed by atoms with Crippen molar-refractivity contribution in [2.75, 3.05) is 13.1 Å². The lowest BCUT2D eigenvalue weighted by Gasteiger charge is -2.15. The molecule has 4 rings (SSSR count). The van der Waals surface area contributed by atoms with Gasteiger partial charge in [-0.2, -0.15) is 0 Å². The second-order valence-corrected chi connectivity index (χ2v) is 5.66. The summed E-state index contributed by atoms with van der Waals surface area (Å²) in [5, 5.41) is 8.49. The second-order valence-electron chi connectivity index (χ2n) is 5.66. The van der Waals surface area contributed by atoms with Crippen LogP contribution in [-0.4, -0.2) is 38.9 Å². The summed E-state index contributed by atoms with van der Waals surface area (Å²) in [6, 6.07) is 11.8. The molecule has 0 saturated carbocycles. The molecule has 6 heteroatoms. The summed E-state index contributed by atoms with van der Waals surface area (Å²) in [5.74, 6) is 0.00430. The Bertz CT molecular complexity index is 795. The highest BCUT2D eigenvalue weighted by molar-refractivity contribution is 5.94. The van der Waals surface area contributed by atoms with Gasteiger partial charge in [-0.1, -0.05) is 35.5 Å². The molecule has 1 fully saturated rings. The molecule has 1 atom stereocenters. The predicted octanol–water partition coefficient (Wildman–Crippen LogP) is 2.63. The normalized spacial score (nSPS) is 17.6. The van der Waals surface area contributed by atoms with Gasteiger partial charge in [0.1, 0.15) is 12.0 Å². The van der Waals surface area contributed by atoms with Gasteiger partial charge in [-0.3, -0.25) is 4.79 Å². The van der Waals surface area contributed by atoms with Crippen LogP contribution >= 0.6 is 0 Å². The third kappa shape index (κ3) is 2.63. The number of nitrogens with zero attached hydrogens (tertiary/aromatic N) is 4. The molecule has 116 valence electrons. The first-order valence-electron chi connectivity index (χ1n) is 7.60. The van der Waals surface area contributed by atoms with E-state index in [1.807, 2.05) is 46.1 Å². The third-order valence-electron chi connectivity index (χ3n) is 4.17. The SMILES string of the molecule is O=C(c1ccoc1)N1CCC(n2cc(-c3ccccc3)nn2)C1. The van der Waals surface area contributed by atoms with Gasteiger partial charge in [0.05, 0.1) is 24.1 Å². The molecule has 0 bridgehead atoms. The summed E-state index contributed by atoms with van der Waals surface area (Å²) >= 11 is 0. The van der Waals surface area contributed by atoms with Crippen molar-refractivity contribution in [3.63, 3.8) is 0 Å². The Balaban J connectivity index is 1.48. The van der Waals surface area contributed by atoms with E-state index in [0.717, 1.165) is 24.2 Å². The van der Waals surface area contributed by atoms with Gasteiger partial charge in [-0.15, -0.1) is 5.10 Å². The molecular weight excluding hydrogens is 292 g/mol. The Morgan fingerprint density at radius 2 is 2.09 bits per heavy atom. The Hall–Kier alpha value is -2.89. The van der Waals surface area contributed by atoms with E-state index < -0.39 is 0 Å². The minimum Gasteiger partial charge on any atom is -0.472 e. The van der Waals surface area contributed by atoms with Gasteiger partial charge in [0.15, 0.2) is 0 Å². The fourth-order valence-electron chi connectivity index (χ4n) is 2.91. The van der Waals surface area contributed by atoms with Crippen molar-refractivity contribution < 1.29 is 9.21 Å². The van der Waals surface area contributed by atoms with Gasteiger partial charge in [0.2, 0.25) is 0 Å². The Morgan fingerprint density at radius 1 is 1.22 bits per heavy atom. The molecule has 0 spiro atoms. The number of furan rings is 1. The van der Waals surface area contributed by atoms with Crippen LogP contribution in [0.5, 0.6) is 0 Å². The summed E-state index contributed by atoms with van der Waals surface area (Å²) in [5.41, 5.74) is 2.49. The lowest BCUT2D eigenvalue weighted by molar-refractivity contribution is 0.0786. The summed E-state index contributed by atoms with van der Waals surface area (Å²) < 4.78 is 6.85. The van der Waals surface area contributed by atoms with E-state index in [1.54, 1.807) is 6.07 Å². The van der Waals surface area contributed by atoms with E-state index in [0.29, 0.717) is 12.1 Å². The second kappa shape index (κ2) is 5.72. The number of aromatic nitrogens is 3. The number of benzene rings is 1. The molecule has 0 aliphatic carbocycles. The van der Waals surface area contributed by atoms with Crippen LogP contribution in [0.1, 0.15) is 22.8 Å². The third-order valence-corrected chi connectivity index (χ3v) is 4.17. The summed E-state index contributed by atoms with van der Waals surface area (Å²) in [4.78, 5) is 14.2. The van der Waals surface area contributed by atoms with E-state index in [-0.39, 0.29) is 11.9 Å². The van der Waals surface area contributed by atoms with Crippen molar-refractivity contribution in [1.29, 1.82) is 0 Å². The first kappa shape index (κ1) is 13.8. The smallest absolute Gasteiger partial charge is 0.257 e. The van der Waals surface area contributed by atoms with Crippen molar-refractivity contribution in [2.24, 2.45) is 0 Å². The van der Waals surface area contributed by atoms with Crippen molar-refractivity contribution in [3.05, 3.63) is 60.7 Å². The van der Waals surface area contributed by atoms with Gasteiger partial charge < -0.3 is 9.32 Å². The number of likely N-dealkylation sites (tertiary alicyclic amines) is 1. The standard InChI is InChI=1S/C17H16N4O2/c22-17(14-7-9-23-12-14)20-8-6-15(10-20)21-11-16(18-19-21)13-4-2-1-3-5-13/h1-5,7,9,11-12,15H,6,8,10H2. The van der Waals surface area contributed by atoms with Crippen molar-refractivity contribution in [2.45, 2.75) is 12.5 Å². The Morgan fingerprint density at radius 3 is 2.87 bits per heavy atom. The average molecular weight is 308 g/mol. The van der Waals surface area contributed by atoms with Crippen LogP contribution in [-0.2, 0) is 0 Å². The highest BCUT2D eigenvalue weighted by atomic mass is 16.3. The summed E-state index contributed by atoms with van der Waals surface area (Å²) in [6.07, 6.45) is 5.83. The molecule has 2 aromatic heterocycles. The zero-order valence-electron chi connectivity index (χ0n) is 12.5. The highest BCUT2D eigenvalue weighted by Gasteiger charge is 2.29. The van der Waals surface area contributed by atoms with E-state index in [9.17, 15) is 4.79 Å². The molecular formula is C17H16N4O2. The molecule has 23 heavy (non-hydrogen) atoms. The van der Waals surface area contributed by atoms with Crippen LogP contribution in [0.3, 0.4) is 0 Å². The zero-order chi connectivity index (χ0) is 15.6. The lowest BCUT2D eigenvalue weighted by Crippen LogP contribution is -2.28. The molecule has 0 N–H and O–H groups in total. The van der Waals surface area contributed by atoms with E-state index in [1.165, 1.54) is 12.5 Å². The first-order chi connectivity index (χ1) is 11.3. The predicted molar refractivity (Wildman–Crippen MR) is 83.7 cm³/mol. The van der Waals surface area contributed by atoms with E-state index >= 15 is 0 Å². The van der Waals surface area contributed by atoms with Crippen molar-refractivity contribution in [1.82, 2.24) is 19.9 Å². The Labute approximate surface area is 133 Å². The maximum Gasteiger partial charge on any atom is 0.257 e. The number of amides is 1. The van der Waals surface area contributed by atoms with Crippen LogP contribution in [0.25, 0.3) is 11.3 Å². The number of rotatable bonds is 3. The number of carbonyl (C=O) groups is 1. The van der Waals surface area contributed by atoms with Crippen molar-refractivity contribution in [3.8, 4) is 11.3 Å². The molecule has 0 radical (unpaired) electrons. The Kier molecular flexibility index (Phi) is 3.42. The van der Waals surface area contributed by atoms with Gasteiger partial charge in [-0.05, 0) is 12.5 Å². The molecule has 6 nitrogen and oxygen atoms in total. The minimum atomic E-state index is 0.00430. The molecule has 1 aliphatic heterocycles. The molecule has 3 aromatic rings. The number of hydrogen-bond donors (Lipinski definition) is 0. The summed E-state index contributed by atoms with van der Waals surface area (Å²) in [7, 11) is 0. The van der Waals surface area contributed by atoms with Crippen LogP contribution in [0.2, 0.25) is 0 Å². The van der Waals surface area contributed by atoms with Crippen LogP contribution in [0.15, 0.2) is 59.5 Å². The molecule has 1 aromatic carbocycles. The average Bonchev–Trinajstić information content (AvgIpc) is 3.35. The maximum absolute atomic E-state index is 12.3. The molecule has 3 heterocycles. The topological polar surface area (TPSA) is 64.2 Å². The largest absolute Gasteiger partial charge is 0.472 e. The van der Waals surface area contributed by atoms with Crippen molar-refractivity contribution >= 4 is 5.91 Å². The minimum absolute atomic E-state index is 0.00430.